The summed E-state index contributed by atoms with van der Waals surface area (Å²) in [5, 5.41) is 9.13. The van der Waals surface area contributed by atoms with Crippen molar-refractivity contribution < 1.29 is 17.9 Å². The summed E-state index contributed by atoms with van der Waals surface area (Å²) in [5.41, 5.74) is -0.246. The second-order valence-corrected chi connectivity index (χ2v) is 6.58. The number of hydrogen-bond donors (Lipinski definition) is 2. The largest absolute Gasteiger partial charge is 0.392 e. The van der Waals surface area contributed by atoms with Crippen molar-refractivity contribution in [1.82, 2.24) is 4.72 Å². The quantitative estimate of drug-likeness (QED) is 0.874. The van der Waals surface area contributed by atoms with E-state index < -0.39 is 28.0 Å². The molecule has 0 amide bonds. The standard InChI is InChI=1S/C12H16FNO3S/c1-12(5-2-6-12)14-18(16,17)11-7-10(13)4-3-9(11)8-15/h3-4,7,14-15H,2,5-6,8H2,1H3. The Morgan fingerprint density at radius 3 is 2.61 bits per heavy atom. The Labute approximate surface area is 106 Å². The zero-order valence-electron chi connectivity index (χ0n) is 10.1. The van der Waals surface area contributed by atoms with Crippen LogP contribution >= 0.6 is 0 Å². The lowest BCUT2D eigenvalue weighted by Crippen LogP contribution is -2.50. The molecule has 0 spiro atoms. The molecule has 1 aromatic rings. The van der Waals surface area contributed by atoms with Crippen molar-refractivity contribution in [2.75, 3.05) is 0 Å². The molecule has 4 nitrogen and oxygen atoms in total. The van der Waals surface area contributed by atoms with Crippen LogP contribution in [0, 0.1) is 5.82 Å². The van der Waals surface area contributed by atoms with Crippen LogP contribution in [0.25, 0.3) is 0 Å². The third kappa shape index (κ3) is 2.55. The van der Waals surface area contributed by atoms with Crippen LogP contribution in [0.2, 0.25) is 0 Å². The Hall–Kier alpha value is -0.980. The van der Waals surface area contributed by atoms with E-state index >= 15 is 0 Å². The first-order valence-electron chi connectivity index (χ1n) is 5.80. The summed E-state index contributed by atoms with van der Waals surface area (Å²) in [6.07, 6.45) is 2.53. The summed E-state index contributed by atoms with van der Waals surface area (Å²) >= 11 is 0. The number of nitrogens with one attached hydrogen (secondary N) is 1. The van der Waals surface area contributed by atoms with Gasteiger partial charge in [0.25, 0.3) is 0 Å². The average Bonchev–Trinajstić information content (AvgIpc) is 2.26. The highest BCUT2D eigenvalue weighted by Gasteiger charge is 2.36. The molecule has 0 heterocycles. The fraction of sp³-hybridized carbons (Fsp3) is 0.500. The predicted octanol–water partition coefficient (Wildman–Crippen LogP) is 1.54. The fourth-order valence-corrected chi connectivity index (χ4v) is 3.81. The maximum Gasteiger partial charge on any atom is 0.241 e. The number of hydrogen-bond acceptors (Lipinski definition) is 3. The highest BCUT2D eigenvalue weighted by atomic mass is 32.2. The summed E-state index contributed by atoms with van der Waals surface area (Å²) in [6.45, 7) is 1.39. The van der Waals surface area contributed by atoms with Gasteiger partial charge in [0.2, 0.25) is 10.0 Å². The van der Waals surface area contributed by atoms with Gasteiger partial charge in [-0.15, -0.1) is 0 Å². The van der Waals surface area contributed by atoms with Gasteiger partial charge in [0.05, 0.1) is 11.5 Å². The lowest BCUT2D eigenvalue weighted by atomic mass is 9.80. The summed E-state index contributed by atoms with van der Waals surface area (Å²) in [6, 6.07) is 3.36. The van der Waals surface area contributed by atoms with Crippen molar-refractivity contribution in [3.05, 3.63) is 29.6 Å². The lowest BCUT2D eigenvalue weighted by molar-refractivity contribution is 0.247. The molecule has 0 saturated heterocycles. The first kappa shape index (κ1) is 13.5. The first-order valence-corrected chi connectivity index (χ1v) is 7.28. The summed E-state index contributed by atoms with van der Waals surface area (Å²) in [5.74, 6) is -0.633. The van der Waals surface area contributed by atoms with E-state index in [4.69, 9.17) is 5.11 Å². The van der Waals surface area contributed by atoms with Crippen molar-refractivity contribution in [2.24, 2.45) is 0 Å². The van der Waals surface area contributed by atoms with Crippen LogP contribution in [0.3, 0.4) is 0 Å². The molecule has 0 aliphatic heterocycles. The molecule has 0 atom stereocenters. The van der Waals surface area contributed by atoms with Crippen molar-refractivity contribution in [3.8, 4) is 0 Å². The average molecular weight is 273 g/mol. The van der Waals surface area contributed by atoms with E-state index in [0.717, 1.165) is 31.4 Å². The Bertz CT molecular complexity index is 552. The van der Waals surface area contributed by atoms with Crippen LogP contribution in [0.4, 0.5) is 4.39 Å². The van der Waals surface area contributed by atoms with Crippen LogP contribution in [-0.4, -0.2) is 19.1 Å². The second-order valence-electron chi connectivity index (χ2n) is 4.93. The molecular weight excluding hydrogens is 257 g/mol. The van der Waals surface area contributed by atoms with Crippen molar-refractivity contribution in [3.63, 3.8) is 0 Å². The van der Waals surface area contributed by atoms with E-state index in [1.54, 1.807) is 0 Å². The summed E-state index contributed by atoms with van der Waals surface area (Å²) in [7, 11) is -3.79. The van der Waals surface area contributed by atoms with Crippen LogP contribution in [0.1, 0.15) is 31.7 Å². The van der Waals surface area contributed by atoms with Gasteiger partial charge >= 0.3 is 0 Å². The van der Waals surface area contributed by atoms with Crippen LogP contribution in [-0.2, 0) is 16.6 Å². The minimum Gasteiger partial charge on any atom is -0.392 e. The summed E-state index contributed by atoms with van der Waals surface area (Å²) < 4.78 is 40.1. The highest BCUT2D eigenvalue weighted by molar-refractivity contribution is 7.89. The molecule has 0 unspecified atom stereocenters. The number of rotatable bonds is 4. The molecule has 2 N–H and O–H groups in total. The third-order valence-corrected chi connectivity index (χ3v) is 5.05. The van der Waals surface area contributed by atoms with Gasteiger partial charge in [0, 0.05) is 5.54 Å². The van der Waals surface area contributed by atoms with Crippen LogP contribution in [0.15, 0.2) is 23.1 Å². The Balaban J connectivity index is 2.37. The minimum absolute atomic E-state index is 0.182. The van der Waals surface area contributed by atoms with Crippen molar-refractivity contribution in [1.29, 1.82) is 0 Å². The first-order chi connectivity index (χ1) is 8.36. The molecule has 1 saturated carbocycles. The van der Waals surface area contributed by atoms with Gasteiger partial charge < -0.3 is 5.11 Å². The van der Waals surface area contributed by atoms with E-state index in [2.05, 4.69) is 4.72 Å². The normalized spacial score (nSPS) is 18.4. The van der Waals surface area contributed by atoms with E-state index in [-0.39, 0.29) is 10.5 Å². The number of benzene rings is 1. The Kier molecular flexibility index (Phi) is 3.44. The van der Waals surface area contributed by atoms with Gasteiger partial charge in [-0.05, 0) is 43.9 Å². The summed E-state index contributed by atoms with van der Waals surface area (Å²) in [4.78, 5) is -0.182. The van der Waals surface area contributed by atoms with E-state index in [0.29, 0.717) is 0 Å². The smallest absolute Gasteiger partial charge is 0.241 e. The molecule has 0 radical (unpaired) electrons. The third-order valence-electron chi connectivity index (χ3n) is 3.33. The van der Waals surface area contributed by atoms with Crippen LogP contribution < -0.4 is 4.72 Å². The molecule has 6 heteroatoms. The van der Waals surface area contributed by atoms with Gasteiger partial charge in [-0.3, -0.25) is 0 Å². The highest BCUT2D eigenvalue weighted by Crippen LogP contribution is 2.33. The number of sulfonamides is 1. The molecule has 1 aliphatic rings. The van der Waals surface area contributed by atoms with Crippen molar-refractivity contribution >= 4 is 10.0 Å². The maximum atomic E-state index is 13.2. The number of aliphatic hydroxyl groups excluding tert-OH is 1. The Morgan fingerprint density at radius 1 is 1.44 bits per heavy atom. The van der Waals surface area contributed by atoms with Crippen molar-refractivity contribution in [2.45, 2.75) is 43.2 Å². The van der Waals surface area contributed by atoms with E-state index in [9.17, 15) is 12.8 Å². The number of aliphatic hydroxyl groups is 1. The fourth-order valence-electron chi connectivity index (χ4n) is 2.10. The molecule has 1 aromatic carbocycles. The molecular formula is C12H16FNO3S. The Morgan fingerprint density at radius 2 is 2.11 bits per heavy atom. The predicted molar refractivity (Wildman–Crippen MR) is 64.9 cm³/mol. The molecule has 1 aliphatic carbocycles. The maximum absolute atomic E-state index is 13.2. The minimum atomic E-state index is -3.79. The van der Waals surface area contributed by atoms with Crippen LogP contribution in [0.5, 0.6) is 0 Å². The van der Waals surface area contributed by atoms with Gasteiger partial charge in [-0.1, -0.05) is 6.07 Å². The second kappa shape index (κ2) is 4.60. The molecule has 18 heavy (non-hydrogen) atoms. The molecule has 0 bridgehead atoms. The van der Waals surface area contributed by atoms with Gasteiger partial charge in [0.1, 0.15) is 5.82 Å². The number of halogens is 1. The zero-order chi connectivity index (χ0) is 13.4. The lowest BCUT2D eigenvalue weighted by Gasteiger charge is -2.38. The zero-order valence-corrected chi connectivity index (χ0v) is 10.9. The molecule has 0 aromatic heterocycles. The topological polar surface area (TPSA) is 66.4 Å². The van der Waals surface area contributed by atoms with Gasteiger partial charge in [-0.25, -0.2) is 17.5 Å². The molecule has 1 fully saturated rings. The van der Waals surface area contributed by atoms with E-state index in [1.165, 1.54) is 6.07 Å². The SMILES string of the molecule is CC1(NS(=O)(=O)c2cc(F)ccc2CO)CCC1. The monoisotopic (exact) mass is 273 g/mol. The molecule has 100 valence electrons. The molecule has 2 rings (SSSR count). The van der Waals surface area contributed by atoms with Gasteiger partial charge in [0.15, 0.2) is 0 Å². The van der Waals surface area contributed by atoms with E-state index in [1.807, 2.05) is 6.92 Å². The van der Waals surface area contributed by atoms with Gasteiger partial charge in [-0.2, -0.15) is 0 Å².